The molecule has 3 rings (SSSR count). The quantitative estimate of drug-likeness (QED) is 0.938. The highest BCUT2D eigenvalue weighted by Crippen LogP contribution is 2.24. The third kappa shape index (κ3) is 3.12. The van der Waals surface area contributed by atoms with E-state index in [1.165, 1.54) is 0 Å². The first-order valence-electron chi connectivity index (χ1n) is 7.25. The summed E-state index contributed by atoms with van der Waals surface area (Å²) in [6, 6.07) is 9.14. The average molecular weight is 302 g/mol. The molecule has 2 heterocycles. The van der Waals surface area contributed by atoms with Gasteiger partial charge in [-0.15, -0.1) is 0 Å². The summed E-state index contributed by atoms with van der Waals surface area (Å²) in [6.07, 6.45) is 2.14. The molecule has 1 unspecified atom stereocenters. The zero-order valence-corrected chi connectivity index (χ0v) is 12.4. The van der Waals surface area contributed by atoms with E-state index in [1.807, 2.05) is 24.3 Å². The number of hydrogen-bond donors (Lipinski definition) is 1. The highest BCUT2D eigenvalue weighted by Gasteiger charge is 2.16. The third-order valence-corrected chi connectivity index (χ3v) is 3.67. The van der Waals surface area contributed by atoms with Crippen LogP contribution in [0.15, 0.2) is 30.3 Å². The summed E-state index contributed by atoms with van der Waals surface area (Å²) in [5.41, 5.74) is 1.69. The van der Waals surface area contributed by atoms with E-state index in [1.54, 1.807) is 17.8 Å². The molecule has 0 aliphatic carbocycles. The van der Waals surface area contributed by atoms with Crippen LogP contribution in [-0.4, -0.2) is 40.2 Å². The van der Waals surface area contributed by atoms with E-state index in [9.17, 15) is 4.79 Å². The molecule has 22 heavy (non-hydrogen) atoms. The topological polar surface area (TPSA) is 73.6 Å². The van der Waals surface area contributed by atoms with Gasteiger partial charge in [0.25, 0.3) is 0 Å². The number of ether oxygens (including phenoxy) is 2. The highest BCUT2D eigenvalue weighted by molar-refractivity contribution is 5.87. The van der Waals surface area contributed by atoms with Crippen LogP contribution in [0.3, 0.4) is 0 Å². The summed E-state index contributed by atoms with van der Waals surface area (Å²) >= 11 is 0. The normalized spacial score (nSPS) is 18.1. The van der Waals surface area contributed by atoms with E-state index in [0.29, 0.717) is 6.61 Å². The fraction of sp³-hybridized carbons (Fsp3) is 0.375. The van der Waals surface area contributed by atoms with Crippen molar-refractivity contribution in [1.82, 2.24) is 9.78 Å². The first-order valence-corrected chi connectivity index (χ1v) is 7.25. The van der Waals surface area contributed by atoms with Gasteiger partial charge >= 0.3 is 5.97 Å². The van der Waals surface area contributed by atoms with Gasteiger partial charge in [-0.05, 0) is 43.2 Å². The largest absolute Gasteiger partial charge is 0.488 e. The van der Waals surface area contributed by atoms with Gasteiger partial charge in [0.15, 0.2) is 5.69 Å². The summed E-state index contributed by atoms with van der Waals surface area (Å²) in [5.74, 6) is -0.237. The number of nitrogens with zero attached hydrogens (tertiary/aromatic N) is 2. The van der Waals surface area contributed by atoms with Crippen LogP contribution in [0.2, 0.25) is 0 Å². The Bertz CT molecular complexity index is 657. The molecule has 6 heteroatoms. The summed E-state index contributed by atoms with van der Waals surface area (Å²) in [6.45, 7) is 1.44. The van der Waals surface area contributed by atoms with Crippen molar-refractivity contribution in [2.75, 3.05) is 13.2 Å². The Balaban J connectivity index is 1.74. The van der Waals surface area contributed by atoms with Gasteiger partial charge in [-0.3, -0.25) is 4.68 Å². The highest BCUT2D eigenvalue weighted by atomic mass is 16.5. The number of aryl methyl sites for hydroxylation is 1. The SMILES string of the molecule is Cn1nc(C(=O)O)cc1-c1ccc(OC2CCCOC2)cc1. The molecule has 0 saturated carbocycles. The van der Waals surface area contributed by atoms with E-state index >= 15 is 0 Å². The van der Waals surface area contributed by atoms with E-state index in [0.717, 1.165) is 36.5 Å². The predicted molar refractivity (Wildman–Crippen MR) is 80.1 cm³/mol. The van der Waals surface area contributed by atoms with Crippen molar-refractivity contribution >= 4 is 5.97 Å². The van der Waals surface area contributed by atoms with Gasteiger partial charge in [0, 0.05) is 19.2 Å². The lowest BCUT2D eigenvalue weighted by Crippen LogP contribution is -2.27. The van der Waals surface area contributed by atoms with Gasteiger partial charge in [0.2, 0.25) is 0 Å². The Kier molecular flexibility index (Phi) is 4.11. The molecular weight excluding hydrogens is 284 g/mol. The number of aromatic nitrogens is 2. The number of rotatable bonds is 4. The molecular formula is C16H18N2O4. The average Bonchev–Trinajstić information content (AvgIpc) is 2.91. The maximum absolute atomic E-state index is 11.0. The molecule has 1 atom stereocenters. The van der Waals surface area contributed by atoms with Gasteiger partial charge < -0.3 is 14.6 Å². The van der Waals surface area contributed by atoms with Gasteiger partial charge in [0.05, 0.1) is 12.3 Å². The molecule has 116 valence electrons. The smallest absolute Gasteiger partial charge is 0.356 e. The van der Waals surface area contributed by atoms with Crippen molar-refractivity contribution in [3.63, 3.8) is 0 Å². The molecule has 1 N–H and O–H groups in total. The molecule has 2 aromatic rings. The maximum Gasteiger partial charge on any atom is 0.356 e. The second kappa shape index (κ2) is 6.19. The van der Waals surface area contributed by atoms with Crippen LogP contribution >= 0.6 is 0 Å². The zero-order chi connectivity index (χ0) is 15.5. The van der Waals surface area contributed by atoms with Crippen molar-refractivity contribution in [1.29, 1.82) is 0 Å². The van der Waals surface area contributed by atoms with E-state index in [2.05, 4.69) is 5.10 Å². The van der Waals surface area contributed by atoms with Crippen molar-refractivity contribution < 1.29 is 19.4 Å². The fourth-order valence-electron chi connectivity index (χ4n) is 2.54. The molecule has 1 fully saturated rings. The maximum atomic E-state index is 11.0. The number of carbonyl (C=O) groups is 1. The number of carboxylic acids is 1. The number of hydrogen-bond acceptors (Lipinski definition) is 4. The first-order chi connectivity index (χ1) is 10.6. The minimum Gasteiger partial charge on any atom is -0.488 e. The van der Waals surface area contributed by atoms with Crippen LogP contribution in [0, 0.1) is 0 Å². The van der Waals surface area contributed by atoms with Gasteiger partial charge in [-0.2, -0.15) is 5.10 Å². The minimum absolute atomic E-state index is 0.0391. The molecule has 0 radical (unpaired) electrons. The molecule has 1 aliphatic rings. The van der Waals surface area contributed by atoms with Gasteiger partial charge in [-0.25, -0.2) is 4.79 Å². The summed E-state index contributed by atoms with van der Waals surface area (Å²) in [7, 11) is 1.73. The number of benzene rings is 1. The lowest BCUT2D eigenvalue weighted by Gasteiger charge is -2.23. The second-order valence-electron chi connectivity index (χ2n) is 5.32. The Morgan fingerprint density at radius 1 is 1.41 bits per heavy atom. The second-order valence-corrected chi connectivity index (χ2v) is 5.32. The summed E-state index contributed by atoms with van der Waals surface area (Å²) in [5, 5.41) is 13.0. The van der Waals surface area contributed by atoms with Crippen molar-refractivity contribution in [3.8, 4) is 17.0 Å². The Hall–Kier alpha value is -2.34. The Morgan fingerprint density at radius 3 is 2.77 bits per heavy atom. The first kappa shape index (κ1) is 14.6. The van der Waals surface area contributed by atoms with Crippen LogP contribution in [0.4, 0.5) is 0 Å². The fourth-order valence-corrected chi connectivity index (χ4v) is 2.54. The van der Waals surface area contributed by atoms with Crippen LogP contribution in [0.25, 0.3) is 11.3 Å². The van der Waals surface area contributed by atoms with Crippen molar-refractivity contribution in [2.45, 2.75) is 18.9 Å². The van der Waals surface area contributed by atoms with E-state index < -0.39 is 5.97 Å². The minimum atomic E-state index is -1.03. The van der Waals surface area contributed by atoms with E-state index in [4.69, 9.17) is 14.6 Å². The zero-order valence-electron chi connectivity index (χ0n) is 12.4. The van der Waals surface area contributed by atoms with Crippen molar-refractivity contribution in [2.24, 2.45) is 7.05 Å². The van der Waals surface area contributed by atoms with Crippen molar-refractivity contribution in [3.05, 3.63) is 36.0 Å². The van der Waals surface area contributed by atoms with Crippen LogP contribution in [-0.2, 0) is 11.8 Å². The van der Waals surface area contributed by atoms with Gasteiger partial charge in [-0.1, -0.05) is 0 Å². The monoisotopic (exact) mass is 302 g/mol. The molecule has 0 amide bonds. The molecule has 6 nitrogen and oxygen atoms in total. The van der Waals surface area contributed by atoms with E-state index in [-0.39, 0.29) is 11.8 Å². The molecule has 1 aliphatic heterocycles. The molecule has 1 saturated heterocycles. The lowest BCUT2D eigenvalue weighted by molar-refractivity contribution is 0.00744. The standard InChI is InChI=1S/C16H18N2O4/c1-18-15(9-14(17-18)16(19)20)11-4-6-12(7-5-11)22-13-3-2-8-21-10-13/h4-7,9,13H,2-3,8,10H2,1H3,(H,19,20). The Labute approximate surface area is 128 Å². The molecule has 1 aromatic heterocycles. The lowest BCUT2D eigenvalue weighted by atomic mass is 10.1. The molecule has 1 aromatic carbocycles. The third-order valence-electron chi connectivity index (χ3n) is 3.67. The van der Waals surface area contributed by atoms with Crippen LogP contribution < -0.4 is 4.74 Å². The number of carboxylic acid groups (broad SMARTS) is 1. The Morgan fingerprint density at radius 2 is 2.18 bits per heavy atom. The summed E-state index contributed by atoms with van der Waals surface area (Å²) < 4.78 is 12.8. The summed E-state index contributed by atoms with van der Waals surface area (Å²) in [4.78, 5) is 11.0. The predicted octanol–water partition coefficient (Wildman–Crippen LogP) is 2.34. The molecule has 0 spiro atoms. The molecule has 0 bridgehead atoms. The number of aromatic carboxylic acids is 1. The van der Waals surface area contributed by atoms with Gasteiger partial charge in [0.1, 0.15) is 11.9 Å². The van der Waals surface area contributed by atoms with Crippen LogP contribution in [0.1, 0.15) is 23.3 Å². The van der Waals surface area contributed by atoms with Crippen LogP contribution in [0.5, 0.6) is 5.75 Å².